The quantitative estimate of drug-likeness (QED) is 0.711. The summed E-state index contributed by atoms with van der Waals surface area (Å²) in [4.78, 5) is 0. The Morgan fingerprint density at radius 1 is 1.11 bits per heavy atom. The molecule has 0 atom stereocenters. The highest BCUT2D eigenvalue weighted by molar-refractivity contribution is 9.10. The zero-order chi connectivity index (χ0) is 12.7. The molecule has 0 heterocycles. The fourth-order valence-electron chi connectivity index (χ4n) is 2.61. The number of rotatable bonds is 2. The number of benzene rings is 2. The molecule has 0 N–H and O–H groups in total. The van der Waals surface area contributed by atoms with Crippen LogP contribution in [-0.2, 0) is 6.42 Å². The molecule has 0 fully saturated rings. The molecule has 1 aliphatic carbocycles. The third kappa shape index (κ3) is 1.54. The molecule has 0 saturated heterocycles. The smallest absolute Gasteiger partial charge is 0.137 e. The fourth-order valence-corrected chi connectivity index (χ4v) is 3.22. The van der Waals surface area contributed by atoms with Gasteiger partial charge < -0.3 is 9.47 Å². The molecular formula is C15H13BrO2. The van der Waals surface area contributed by atoms with E-state index in [1.54, 1.807) is 14.2 Å². The SMILES string of the molecule is COc1cc(Br)c(OC)c2c1-c1ccccc1C2. The monoisotopic (exact) mass is 304 g/mol. The Bertz CT molecular complexity index is 620. The van der Waals surface area contributed by atoms with Crippen LogP contribution in [0.1, 0.15) is 11.1 Å². The molecule has 0 spiro atoms. The Balaban J connectivity index is 2.34. The summed E-state index contributed by atoms with van der Waals surface area (Å²) in [6.07, 6.45) is 0.893. The maximum Gasteiger partial charge on any atom is 0.137 e. The van der Waals surface area contributed by atoms with Crippen molar-refractivity contribution in [1.82, 2.24) is 0 Å². The fraction of sp³-hybridized carbons (Fsp3) is 0.200. The normalized spacial score (nSPS) is 11.9. The number of methoxy groups -OCH3 is 2. The second-order valence-corrected chi connectivity index (χ2v) is 5.14. The third-order valence-corrected chi connectivity index (χ3v) is 3.96. The van der Waals surface area contributed by atoms with E-state index in [2.05, 4.69) is 40.2 Å². The van der Waals surface area contributed by atoms with Crippen molar-refractivity contribution in [3.63, 3.8) is 0 Å². The lowest BCUT2D eigenvalue weighted by Gasteiger charge is -2.13. The van der Waals surface area contributed by atoms with Crippen molar-refractivity contribution >= 4 is 15.9 Å². The van der Waals surface area contributed by atoms with Crippen LogP contribution in [0.3, 0.4) is 0 Å². The van der Waals surface area contributed by atoms with E-state index in [4.69, 9.17) is 9.47 Å². The van der Waals surface area contributed by atoms with E-state index in [0.29, 0.717) is 0 Å². The Hall–Kier alpha value is -1.48. The van der Waals surface area contributed by atoms with Crippen molar-refractivity contribution in [1.29, 1.82) is 0 Å². The number of hydrogen-bond donors (Lipinski definition) is 0. The second kappa shape index (κ2) is 4.32. The summed E-state index contributed by atoms with van der Waals surface area (Å²) >= 11 is 3.54. The van der Waals surface area contributed by atoms with E-state index in [-0.39, 0.29) is 0 Å². The third-order valence-electron chi connectivity index (χ3n) is 3.37. The maximum absolute atomic E-state index is 5.52. The van der Waals surface area contributed by atoms with Gasteiger partial charge in [0.1, 0.15) is 11.5 Å². The standard InChI is InChI=1S/C15H13BrO2/c1-17-13-8-12(16)15(18-2)11-7-9-5-3-4-6-10(9)14(11)13/h3-6,8H,7H2,1-2H3. The molecule has 0 amide bonds. The molecule has 0 radical (unpaired) electrons. The average molecular weight is 305 g/mol. The minimum atomic E-state index is 0.891. The highest BCUT2D eigenvalue weighted by Gasteiger charge is 2.26. The Labute approximate surface area is 115 Å². The lowest BCUT2D eigenvalue weighted by Crippen LogP contribution is -1.95. The summed E-state index contributed by atoms with van der Waals surface area (Å²) in [5.41, 5.74) is 4.93. The lowest BCUT2D eigenvalue weighted by molar-refractivity contribution is 0.399. The number of ether oxygens (including phenoxy) is 2. The van der Waals surface area contributed by atoms with Crippen LogP contribution in [0.2, 0.25) is 0 Å². The lowest BCUT2D eigenvalue weighted by atomic mass is 10.0. The maximum atomic E-state index is 5.52. The second-order valence-electron chi connectivity index (χ2n) is 4.28. The van der Waals surface area contributed by atoms with Crippen molar-refractivity contribution in [2.45, 2.75) is 6.42 Å². The highest BCUT2D eigenvalue weighted by Crippen LogP contribution is 2.49. The van der Waals surface area contributed by atoms with Crippen molar-refractivity contribution in [2.24, 2.45) is 0 Å². The van der Waals surface area contributed by atoms with E-state index in [0.717, 1.165) is 28.0 Å². The van der Waals surface area contributed by atoms with Crippen molar-refractivity contribution < 1.29 is 9.47 Å². The molecule has 0 saturated carbocycles. The zero-order valence-corrected chi connectivity index (χ0v) is 11.9. The summed E-state index contributed by atoms with van der Waals surface area (Å²) in [5.74, 6) is 1.80. The molecule has 3 heteroatoms. The molecule has 1 aliphatic rings. The Kier molecular flexibility index (Phi) is 2.78. The van der Waals surface area contributed by atoms with Crippen LogP contribution in [0.5, 0.6) is 11.5 Å². The van der Waals surface area contributed by atoms with Gasteiger partial charge in [-0.2, -0.15) is 0 Å². The van der Waals surface area contributed by atoms with Crippen LogP contribution >= 0.6 is 15.9 Å². The van der Waals surface area contributed by atoms with E-state index in [1.807, 2.05) is 6.07 Å². The van der Waals surface area contributed by atoms with Gasteiger partial charge in [0.2, 0.25) is 0 Å². The van der Waals surface area contributed by atoms with Crippen LogP contribution < -0.4 is 9.47 Å². The van der Waals surface area contributed by atoms with Gasteiger partial charge in [0.25, 0.3) is 0 Å². The van der Waals surface area contributed by atoms with Crippen LogP contribution in [-0.4, -0.2) is 14.2 Å². The summed E-state index contributed by atoms with van der Waals surface area (Å²) in [6, 6.07) is 10.4. The first kappa shape index (κ1) is 11.6. The molecule has 0 unspecified atom stereocenters. The van der Waals surface area contributed by atoms with Gasteiger partial charge in [-0.15, -0.1) is 0 Å². The van der Waals surface area contributed by atoms with Gasteiger partial charge in [-0.25, -0.2) is 0 Å². The molecule has 18 heavy (non-hydrogen) atoms. The minimum absolute atomic E-state index is 0.891. The van der Waals surface area contributed by atoms with E-state index in [1.165, 1.54) is 16.7 Å². The molecular weight excluding hydrogens is 292 g/mol. The van der Waals surface area contributed by atoms with Gasteiger partial charge in [-0.3, -0.25) is 0 Å². The van der Waals surface area contributed by atoms with Crippen molar-refractivity contribution in [2.75, 3.05) is 14.2 Å². The van der Waals surface area contributed by atoms with Gasteiger partial charge in [-0.05, 0) is 33.1 Å². The van der Waals surface area contributed by atoms with Gasteiger partial charge in [0.05, 0.1) is 18.7 Å². The highest BCUT2D eigenvalue weighted by atomic mass is 79.9. The van der Waals surface area contributed by atoms with Crippen LogP contribution in [0, 0.1) is 0 Å². The molecule has 2 aromatic carbocycles. The topological polar surface area (TPSA) is 18.5 Å². The van der Waals surface area contributed by atoms with Gasteiger partial charge >= 0.3 is 0 Å². The molecule has 0 aliphatic heterocycles. The van der Waals surface area contributed by atoms with E-state index >= 15 is 0 Å². The number of fused-ring (bicyclic) bond motifs is 3. The predicted octanol–water partition coefficient (Wildman–Crippen LogP) is 4.04. The summed E-state index contributed by atoms with van der Waals surface area (Å²) < 4.78 is 12.0. The summed E-state index contributed by atoms with van der Waals surface area (Å²) in [7, 11) is 3.41. The predicted molar refractivity (Wildman–Crippen MR) is 75.5 cm³/mol. The number of hydrogen-bond acceptors (Lipinski definition) is 2. The van der Waals surface area contributed by atoms with Crippen molar-refractivity contribution in [3.05, 3.63) is 45.9 Å². The Morgan fingerprint density at radius 2 is 1.89 bits per heavy atom. The van der Waals surface area contributed by atoms with E-state index < -0.39 is 0 Å². The Morgan fingerprint density at radius 3 is 2.61 bits per heavy atom. The summed E-state index contributed by atoms with van der Waals surface area (Å²) in [5, 5.41) is 0. The average Bonchev–Trinajstić information content (AvgIpc) is 2.77. The zero-order valence-electron chi connectivity index (χ0n) is 10.3. The van der Waals surface area contributed by atoms with Crippen LogP contribution in [0.25, 0.3) is 11.1 Å². The molecule has 3 rings (SSSR count). The van der Waals surface area contributed by atoms with Gasteiger partial charge in [-0.1, -0.05) is 24.3 Å². The number of halogens is 1. The van der Waals surface area contributed by atoms with Gasteiger partial charge in [0.15, 0.2) is 0 Å². The molecule has 0 aromatic heterocycles. The largest absolute Gasteiger partial charge is 0.496 e. The van der Waals surface area contributed by atoms with Crippen LogP contribution in [0.15, 0.2) is 34.8 Å². The minimum Gasteiger partial charge on any atom is -0.496 e. The summed E-state index contributed by atoms with van der Waals surface area (Å²) in [6.45, 7) is 0. The first-order valence-corrected chi connectivity index (χ1v) is 6.57. The molecule has 0 bridgehead atoms. The molecule has 2 nitrogen and oxygen atoms in total. The molecule has 92 valence electrons. The first-order valence-electron chi connectivity index (χ1n) is 5.78. The first-order chi connectivity index (χ1) is 8.76. The van der Waals surface area contributed by atoms with E-state index in [9.17, 15) is 0 Å². The molecule has 2 aromatic rings. The van der Waals surface area contributed by atoms with Gasteiger partial charge in [0, 0.05) is 17.5 Å². The van der Waals surface area contributed by atoms with Crippen LogP contribution in [0.4, 0.5) is 0 Å². The van der Waals surface area contributed by atoms with Crippen molar-refractivity contribution in [3.8, 4) is 22.6 Å².